The first kappa shape index (κ1) is 20.9. The minimum absolute atomic E-state index is 0.0336. The molecular weight excluding hydrogens is 386 g/mol. The lowest BCUT2D eigenvalue weighted by atomic mass is 9.94. The van der Waals surface area contributed by atoms with Gasteiger partial charge in [-0.3, -0.25) is 24.1 Å². The van der Waals surface area contributed by atoms with E-state index >= 15 is 0 Å². The SMILES string of the molecule is CC(=N)C(C#N)C(=O)COC(=O)CCCN1C(=O)c2cccc3cccc(c23)C1=O. The van der Waals surface area contributed by atoms with E-state index in [1.54, 1.807) is 30.3 Å². The summed E-state index contributed by atoms with van der Waals surface area (Å²) in [5.41, 5.74) is 0.775. The van der Waals surface area contributed by atoms with Crippen LogP contribution in [0.5, 0.6) is 0 Å². The van der Waals surface area contributed by atoms with Crippen molar-refractivity contribution in [1.82, 2.24) is 4.90 Å². The molecule has 8 nitrogen and oxygen atoms in total. The zero-order valence-electron chi connectivity index (χ0n) is 16.3. The third-order valence-corrected chi connectivity index (χ3v) is 4.88. The minimum atomic E-state index is -1.23. The van der Waals surface area contributed by atoms with Crippen LogP contribution in [-0.4, -0.2) is 47.3 Å². The lowest BCUT2D eigenvalue weighted by Crippen LogP contribution is -2.41. The van der Waals surface area contributed by atoms with Gasteiger partial charge in [0.1, 0.15) is 5.92 Å². The molecule has 1 unspecified atom stereocenters. The number of nitriles is 1. The van der Waals surface area contributed by atoms with Crippen molar-refractivity contribution in [2.24, 2.45) is 5.92 Å². The average Bonchev–Trinajstić information content (AvgIpc) is 2.73. The molecular formula is C22H19N3O5. The molecule has 0 radical (unpaired) electrons. The molecule has 1 heterocycles. The van der Waals surface area contributed by atoms with Crippen molar-refractivity contribution in [2.45, 2.75) is 19.8 Å². The van der Waals surface area contributed by atoms with Crippen LogP contribution in [0.25, 0.3) is 10.8 Å². The fourth-order valence-electron chi connectivity index (χ4n) is 3.38. The summed E-state index contributed by atoms with van der Waals surface area (Å²) in [5, 5.41) is 17.7. The van der Waals surface area contributed by atoms with Crippen molar-refractivity contribution in [3.05, 3.63) is 47.5 Å². The van der Waals surface area contributed by atoms with Crippen molar-refractivity contribution in [1.29, 1.82) is 10.7 Å². The van der Waals surface area contributed by atoms with Crippen molar-refractivity contribution in [3.8, 4) is 6.07 Å². The van der Waals surface area contributed by atoms with Gasteiger partial charge in [0.15, 0.2) is 12.4 Å². The Hall–Kier alpha value is -3.86. The first-order valence-electron chi connectivity index (χ1n) is 9.36. The first-order chi connectivity index (χ1) is 14.3. The van der Waals surface area contributed by atoms with Gasteiger partial charge in [0.05, 0.1) is 6.07 Å². The molecule has 0 fully saturated rings. The van der Waals surface area contributed by atoms with Gasteiger partial charge in [0.2, 0.25) is 0 Å². The summed E-state index contributed by atoms with van der Waals surface area (Å²) in [6.07, 6.45) is 0.0743. The molecule has 0 spiro atoms. The maximum absolute atomic E-state index is 12.8. The Balaban J connectivity index is 1.58. The van der Waals surface area contributed by atoms with E-state index in [2.05, 4.69) is 0 Å². The van der Waals surface area contributed by atoms with Crippen LogP contribution in [0.2, 0.25) is 0 Å². The Bertz CT molecular complexity index is 1060. The van der Waals surface area contributed by atoms with Crippen LogP contribution in [0.1, 0.15) is 40.5 Å². The van der Waals surface area contributed by atoms with E-state index in [-0.39, 0.29) is 25.1 Å². The summed E-state index contributed by atoms with van der Waals surface area (Å²) in [6.45, 7) is 0.773. The Morgan fingerprint density at radius 1 is 1.13 bits per heavy atom. The Morgan fingerprint density at radius 2 is 1.73 bits per heavy atom. The summed E-state index contributed by atoms with van der Waals surface area (Å²) in [7, 11) is 0. The van der Waals surface area contributed by atoms with E-state index in [1.807, 2.05) is 12.1 Å². The van der Waals surface area contributed by atoms with Gasteiger partial charge in [-0.1, -0.05) is 24.3 Å². The Morgan fingerprint density at radius 3 is 2.27 bits per heavy atom. The van der Waals surface area contributed by atoms with Crippen LogP contribution in [0.15, 0.2) is 36.4 Å². The number of carbonyl (C=O) groups excluding carboxylic acids is 4. The number of rotatable bonds is 8. The number of ether oxygens (including phenoxy) is 1. The topological polar surface area (TPSA) is 128 Å². The van der Waals surface area contributed by atoms with Gasteiger partial charge in [-0.15, -0.1) is 0 Å². The van der Waals surface area contributed by atoms with Crippen LogP contribution in [-0.2, 0) is 14.3 Å². The molecule has 1 N–H and O–H groups in total. The Kier molecular flexibility index (Phi) is 6.02. The van der Waals surface area contributed by atoms with Gasteiger partial charge in [-0.25, -0.2) is 0 Å². The molecule has 0 saturated carbocycles. The zero-order valence-corrected chi connectivity index (χ0v) is 16.3. The van der Waals surface area contributed by atoms with E-state index in [0.717, 1.165) is 10.3 Å². The van der Waals surface area contributed by atoms with Gasteiger partial charge in [-0.05, 0) is 30.9 Å². The summed E-state index contributed by atoms with van der Waals surface area (Å²) in [6, 6.07) is 12.2. The second-order valence-electron chi connectivity index (χ2n) is 6.95. The van der Waals surface area contributed by atoms with Gasteiger partial charge in [0, 0.05) is 35.2 Å². The highest BCUT2D eigenvalue weighted by Crippen LogP contribution is 2.30. The van der Waals surface area contributed by atoms with Crippen molar-refractivity contribution >= 4 is 40.1 Å². The third-order valence-electron chi connectivity index (χ3n) is 4.88. The normalized spacial score (nSPS) is 13.7. The molecule has 30 heavy (non-hydrogen) atoms. The summed E-state index contributed by atoms with van der Waals surface area (Å²) >= 11 is 0. The summed E-state index contributed by atoms with van der Waals surface area (Å²) in [5.74, 6) is -3.40. The molecule has 8 heteroatoms. The summed E-state index contributed by atoms with van der Waals surface area (Å²) < 4.78 is 4.86. The second kappa shape index (κ2) is 8.66. The first-order valence-corrected chi connectivity index (χ1v) is 9.36. The monoisotopic (exact) mass is 405 g/mol. The van der Waals surface area contributed by atoms with Crippen LogP contribution in [0, 0.1) is 22.7 Å². The number of ketones is 1. The molecule has 0 saturated heterocycles. The van der Waals surface area contributed by atoms with Crippen LogP contribution in [0.3, 0.4) is 0 Å². The molecule has 3 rings (SSSR count). The van der Waals surface area contributed by atoms with Crippen molar-refractivity contribution in [2.75, 3.05) is 13.2 Å². The van der Waals surface area contributed by atoms with E-state index < -0.39 is 36.1 Å². The van der Waals surface area contributed by atoms with Crippen LogP contribution >= 0.6 is 0 Å². The average molecular weight is 405 g/mol. The van der Waals surface area contributed by atoms with Gasteiger partial charge < -0.3 is 10.1 Å². The molecule has 1 atom stereocenters. The predicted molar refractivity (Wildman–Crippen MR) is 107 cm³/mol. The number of imide groups is 1. The third kappa shape index (κ3) is 3.96. The highest BCUT2D eigenvalue weighted by molar-refractivity contribution is 6.25. The van der Waals surface area contributed by atoms with Gasteiger partial charge >= 0.3 is 5.97 Å². The largest absolute Gasteiger partial charge is 0.458 e. The molecule has 0 bridgehead atoms. The Labute approximate surface area is 172 Å². The van der Waals surface area contributed by atoms with Gasteiger partial charge in [-0.2, -0.15) is 5.26 Å². The number of esters is 1. The fourth-order valence-corrected chi connectivity index (χ4v) is 3.38. The standard InChI is InChI=1S/C22H19N3O5/c1-13(24)17(11-23)18(26)12-30-19(27)9-4-10-25-21(28)15-7-2-5-14-6-3-8-16(20(14)15)22(25)29/h2-3,5-8,17,24H,4,9-10,12H2,1H3. The molecule has 1 aliphatic heterocycles. The number of benzene rings is 2. The van der Waals surface area contributed by atoms with Crippen LogP contribution < -0.4 is 0 Å². The number of Topliss-reactive ketones (excluding diaryl/α,β-unsaturated/α-hetero) is 1. The number of amides is 2. The molecule has 1 aliphatic rings. The molecule has 2 aromatic carbocycles. The smallest absolute Gasteiger partial charge is 0.306 e. The van der Waals surface area contributed by atoms with E-state index in [9.17, 15) is 19.2 Å². The van der Waals surface area contributed by atoms with E-state index in [0.29, 0.717) is 16.5 Å². The number of hydrogen-bond acceptors (Lipinski definition) is 7. The zero-order chi connectivity index (χ0) is 21.8. The van der Waals surface area contributed by atoms with E-state index in [1.165, 1.54) is 6.92 Å². The van der Waals surface area contributed by atoms with Crippen molar-refractivity contribution in [3.63, 3.8) is 0 Å². The minimum Gasteiger partial charge on any atom is -0.458 e. The van der Waals surface area contributed by atoms with Gasteiger partial charge in [0.25, 0.3) is 11.8 Å². The number of nitrogens with zero attached hydrogens (tertiary/aromatic N) is 2. The fraction of sp³-hybridized carbons (Fsp3) is 0.273. The lowest BCUT2D eigenvalue weighted by Gasteiger charge is -2.27. The van der Waals surface area contributed by atoms with Crippen LogP contribution in [0.4, 0.5) is 0 Å². The second-order valence-corrected chi connectivity index (χ2v) is 6.95. The number of carbonyl (C=O) groups is 4. The molecule has 0 aliphatic carbocycles. The maximum atomic E-state index is 12.8. The maximum Gasteiger partial charge on any atom is 0.306 e. The van der Waals surface area contributed by atoms with E-state index in [4.69, 9.17) is 15.4 Å². The molecule has 0 aromatic heterocycles. The highest BCUT2D eigenvalue weighted by Gasteiger charge is 2.32. The predicted octanol–water partition coefficient (Wildman–Crippen LogP) is 2.51. The molecule has 2 amide bonds. The lowest BCUT2D eigenvalue weighted by molar-refractivity contribution is -0.148. The number of nitrogens with one attached hydrogen (secondary N) is 1. The highest BCUT2D eigenvalue weighted by atomic mass is 16.5. The molecule has 2 aromatic rings. The number of hydrogen-bond donors (Lipinski definition) is 1. The van der Waals surface area contributed by atoms with Crippen molar-refractivity contribution < 1.29 is 23.9 Å². The molecule has 152 valence electrons. The quantitative estimate of drug-likeness (QED) is 0.408. The summed E-state index contributed by atoms with van der Waals surface area (Å²) in [4.78, 5) is 50.3.